The molecule has 13 heteroatoms. The highest BCUT2D eigenvalue weighted by molar-refractivity contribution is 5.83. The maximum Gasteiger partial charge on any atom is 0.335 e. The molecule has 1 aromatic heterocycles. The Balaban J connectivity index is 1.09. The van der Waals surface area contributed by atoms with Gasteiger partial charge < -0.3 is 41.3 Å². The summed E-state index contributed by atoms with van der Waals surface area (Å²) in [5, 5.41) is 36.2. The molecule has 272 valence electrons. The Bertz CT molecular complexity index is 1440. The van der Waals surface area contributed by atoms with E-state index in [9.17, 15) is 34.5 Å². The van der Waals surface area contributed by atoms with E-state index in [1.807, 2.05) is 0 Å². The number of hydrogen-bond donors (Lipinski definition) is 6. The van der Waals surface area contributed by atoms with Crippen molar-refractivity contribution in [1.29, 1.82) is 0 Å². The van der Waals surface area contributed by atoms with Crippen LogP contribution in [0.1, 0.15) is 115 Å². The van der Waals surface area contributed by atoms with Gasteiger partial charge in [0, 0.05) is 30.9 Å². The van der Waals surface area contributed by atoms with Gasteiger partial charge >= 0.3 is 17.6 Å². The van der Waals surface area contributed by atoms with Crippen molar-refractivity contribution in [2.24, 2.45) is 45.0 Å². The van der Waals surface area contributed by atoms with E-state index >= 15 is 0 Å². The molecule has 0 unspecified atom stereocenters. The van der Waals surface area contributed by atoms with Crippen LogP contribution in [-0.4, -0.2) is 69.5 Å². The predicted molar refractivity (Wildman–Crippen MR) is 180 cm³/mol. The fourth-order valence-electron chi connectivity index (χ4n) is 10.3. The number of carboxylic acids is 1. The van der Waals surface area contributed by atoms with Crippen LogP contribution in [0.15, 0.2) is 32.6 Å². The Labute approximate surface area is 287 Å². The zero-order valence-corrected chi connectivity index (χ0v) is 28.8. The summed E-state index contributed by atoms with van der Waals surface area (Å²) in [5.74, 6) is -1.75. The van der Waals surface area contributed by atoms with Crippen molar-refractivity contribution in [3.05, 3.63) is 34.4 Å². The van der Waals surface area contributed by atoms with Crippen LogP contribution in [0.4, 0.5) is 0 Å². The van der Waals surface area contributed by atoms with E-state index in [0.717, 1.165) is 37.7 Å². The average Bonchev–Trinajstić information content (AvgIpc) is 3.31. The highest BCUT2D eigenvalue weighted by Gasteiger charge is 2.69. The molecule has 1 aromatic rings. The van der Waals surface area contributed by atoms with Gasteiger partial charge in [-0.3, -0.25) is 14.6 Å². The van der Waals surface area contributed by atoms with Gasteiger partial charge in [0.25, 0.3) is 0 Å². The number of aliphatic imine (C=N–C) groups is 1. The van der Waals surface area contributed by atoms with Crippen LogP contribution < -0.4 is 22.4 Å². The van der Waals surface area contributed by atoms with Crippen LogP contribution in [0.25, 0.3) is 0 Å². The van der Waals surface area contributed by atoms with E-state index in [1.54, 1.807) is 6.07 Å². The lowest BCUT2D eigenvalue weighted by molar-refractivity contribution is -0.240. The molecule has 10 atom stereocenters. The third-order valence-corrected chi connectivity index (χ3v) is 12.8. The summed E-state index contributed by atoms with van der Waals surface area (Å²) in [6.07, 6.45) is 8.27. The molecule has 13 nitrogen and oxygen atoms in total. The molecule has 1 amide bonds. The van der Waals surface area contributed by atoms with E-state index in [0.29, 0.717) is 38.5 Å². The molecule has 0 radical (unpaired) electrons. The molecule has 0 spiro atoms. The smallest absolute Gasteiger partial charge is 0.335 e. The fraction of sp³-hybridized carbons (Fsp3) is 0.750. The summed E-state index contributed by atoms with van der Waals surface area (Å²) < 4.78 is 11.1. The summed E-state index contributed by atoms with van der Waals surface area (Å²) in [4.78, 5) is 52.0. The minimum absolute atomic E-state index is 0.0120. The monoisotopic (exact) mass is 686 g/mol. The number of amides is 1. The summed E-state index contributed by atoms with van der Waals surface area (Å²) >= 11 is 0. The fourth-order valence-corrected chi connectivity index (χ4v) is 10.3. The second-order valence-corrected chi connectivity index (χ2v) is 15.5. The van der Waals surface area contributed by atoms with Gasteiger partial charge in [0.15, 0.2) is 5.96 Å². The van der Waals surface area contributed by atoms with Gasteiger partial charge in [-0.25, -0.2) is 9.59 Å². The first kappa shape index (κ1) is 36.8. The average molecular weight is 687 g/mol. The molecule has 0 aromatic carbocycles. The third-order valence-electron chi connectivity index (χ3n) is 12.8. The summed E-state index contributed by atoms with van der Waals surface area (Å²) in [6, 6.07) is 2.19. The third kappa shape index (κ3) is 7.52. The first-order chi connectivity index (χ1) is 23.2. The van der Waals surface area contributed by atoms with Gasteiger partial charge in [0.1, 0.15) is 12.1 Å². The van der Waals surface area contributed by atoms with Crippen molar-refractivity contribution in [1.82, 2.24) is 5.32 Å². The van der Waals surface area contributed by atoms with E-state index in [2.05, 4.69) is 24.2 Å². The van der Waals surface area contributed by atoms with Crippen LogP contribution in [0.3, 0.4) is 0 Å². The minimum Gasteiger partial charge on any atom is -0.480 e. The summed E-state index contributed by atoms with van der Waals surface area (Å²) in [7, 11) is 0. The van der Waals surface area contributed by atoms with Crippen molar-refractivity contribution in [2.45, 2.75) is 134 Å². The van der Waals surface area contributed by atoms with Gasteiger partial charge in [0.05, 0.1) is 18.0 Å². The number of esters is 1. The number of aliphatic hydroxyl groups is 2. The van der Waals surface area contributed by atoms with E-state index in [1.165, 1.54) is 12.3 Å². The first-order valence-electron chi connectivity index (χ1n) is 17.9. The molecule has 8 N–H and O–H groups in total. The lowest BCUT2D eigenvalue weighted by Gasteiger charge is -2.65. The Morgan fingerprint density at radius 3 is 2.53 bits per heavy atom. The lowest BCUT2D eigenvalue weighted by atomic mass is 9.42. The van der Waals surface area contributed by atoms with Crippen LogP contribution in [-0.2, 0) is 19.1 Å². The van der Waals surface area contributed by atoms with Gasteiger partial charge in [-0.15, -0.1) is 0 Å². The molecule has 0 saturated heterocycles. The molecule has 1 heterocycles. The number of carbonyl (C=O) groups excluding carboxylic acids is 2. The number of aliphatic hydroxyl groups excluding tert-OH is 1. The molecular formula is C36H54N4O9. The molecule has 0 aliphatic heterocycles. The van der Waals surface area contributed by atoms with Gasteiger partial charge in [-0.2, -0.15) is 0 Å². The molecule has 4 aliphatic rings. The SMILES string of the molecule is C[C@]12CC[C@H](OC(=O)CCCCC(=O)N[C@@H](CCCN=C(N)N)C(=O)O)C[C@H]1CC[C@H]1[C@@H]2[C@H](O)C[C@]2(C)[C@@H](c3ccc(=O)oc3)CC[C@]12O. The van der Waals surface area contributed by atoms with Gasteiger partial charge in [-0.1, -0.05) is 13.8 Å². The molecule has 49 heavy (non-hydrogen) atoms. The van der Waals surface area contributed by atoms with Crippen LogP contribution in [0.5, 0.6) is 0 Å². The molecule has 4 aliphatic carbocycles. The highest BCUT2D eigenvalue weighted by atomic mass is 16.5. The Hall–Kier alpha value is -3.45. The Morgan fingerprint density at radius 1 is 1.08 bits per heavy atom. The van der Waals surface area contributed by atoms with Crippen molar-refractivity contribution >= 4 is 23.8 Å². The first-order valence-corrected chi connectivity index (χ1v) is 17.9. The molecule has 4 fully saturated rings. The maximum absolute atomic E-state index is 12.8. The van der Waals surface area contributed by atoms with Crippen LogP contribution >= 0.6 is 0 Å². The quantitative estimate of drug-likeness (QED) is 0.0765. The summed E-state index contributed by atoms with van der Waals surface area (Å²) in [6.45, 7) is 4.62. The number of rotatable bonds is 13. The normalized spacial score (nSPS) is 35.6. The standard InChI is InChI=1S/C36H54N4O9/c1-34-15-13-23(49-30(44)8-4-3-7-28(42)40-26(32(45)46)6-5-17-39-33(37)38)18-22(34)10-11-25-31(34)27(41)19-35(2)24(14-16-36(25,35)47)21-9-12-29(43)48-20-21/h9,12,20,22-27,31,41,47H,3-8,10-11,13-19H2,1-2H3,(H,40,42)(H,45,46)(H4,37,38,39)/t22-,23+,24-,25+,26+,27-,31-,34+,35-,36+/m1/s1. The van der Waals surface area contributed by atoms with Crippen molar-refractivity contribution in [3.8, 4) is 0 Å². The summed E-state index contributed by atoms with van der Waals surface area (Å²) in [5.41, 5.74) is 9.38. The second kappa shape index (κ2) is 14.8. The van der Waals surface area contributed by atoms with Crippen LogP contribution in [0.2, 0.25) is 0 Å². The highest BCUT2D eigenvalue weighted by Crippen LogP contribution is 2.70. The topological polar surface area (TPSA) is 228 Å². The Kier molecular flexibility index (Phi) is 11.1. The molecule has 5 rings (SSSR count). The van der Waals surface area contributed by atoms with Crippen molar-refractivity contribution in [3.63, 3.8) is 0 Å². The predicted octanol–water partition coefficient (Wildman–Crippen LogP) is 2.95. The molecule has 0 bridgehead atoms. The zero-order chi connectivity index (χ0) is 35.6. The van der Waals surface area contributed by atoms with Crippen LogP contribution in [0, 0.1) is 28.6 Å². The number of aliphatic carboxylic acids is 1. The number of nitrogens with two attached hydrogens (primary N) is 2. The molecular weight excluding hydrogens is 632 g/mol. The number of nitrogens with zero attached hydrogens (tertiary/aromatic N) is 1. The largest absolute Gasteiger partial charge is 0.480 e. The second-order valence-electron chi connectivity index (χ2n) is 15.5. The number of fused-ring (bicyclic) bond motifs is 5. The lowest BCUT2D eigenvalue weighted by Crippen LogP contribution is -2.66. The number of carboxylic acid groups (broad SMARTS) is 1. The minimum atomic E-state index is -1.13. The number of ether oxygens (including phenoxy) is 1. The molecule has 4 saturated carbocycles. The zero-order valence-electron chi connectivity index (χ0n) is 28.8. The number of nitrogens with one attached hydrogen (secondary N) is 1. The number of unbranched alkanes of at least 4 members (excludes halogenated alkanes) is 1. The van der Waals surface area contributed by atoms with Gasteiger partial charge in [0.2, 0.25) is 5.91 Å². The number of carbonyl (C=O) groups is 3. The number of guanidine groups is 1. The van der Waals surface area contributed by atoms with Crippen molar-refractivity contribution in [2.75, 3.05) is 6.54 Å². The van der Waals surface area contributed by atoms with E-state index in [4.69, 9.17) is 20.6 Å². The van der Waals surface area contributed by atoms with Gasteiger partial charge in [-0.05, 0) is 118 Å². The van der Waals surface area contributed by atoms with E-state index < -0.39 is 34.8 Å². The van der Waals surface area contributed by atoms with E-state index in [-0.39, 0.29) is 78.8 Å². The Morgan fingerprint density at radius 2 is 1.84 bits per heavy atom. The van der Waals surface area contributed by atoms with Crippen molar-refractivity contribution < 1.29 is 38.9 Å². The maximum atomic E-state index is 12.8. The number of hydrogen-bond acceptors (Lipinski definition) is 9.